The van der Waals surface area contributed by atoms with Crippen molar-refractivity contribution >= 4 is 34.2 Å². The van der Waals surface area contributed by atoms with Crippen molar-refractivity contribution in [1.29, 1.82) is 0 Å². The van der Waals surface area contributed by atoms with Gasteiger partial charge in [-0.2, -0.15) is 0 Å². The molecule has 218 valence electrons. The second-order valence-corrected chi connectivity index (χ2v) is 10.5. The van der Waals surface area contributed by atoms with Gasteiger partial charge in [0.05, 0.1) is 36.2 Å². The lowest BCUT2D eigenvalue weighted by Gasteiger charge is -2.20. The van der Waals surface area contributed by atoms with Gasteiger partial charge in [-0.15, -0.1) is 0 Å². The summed E-state index contributed by atoms with van der Waals surface area (Å²) in [5, 5.41) is 11.6. The number of esters is 1. The third kappa shape index (κ3) is 6.52. The fourth-order valence-corrected chi connectivity index (χ4v) is 5.13. The van der Waals surface area contributed by atoms with Gasteiger partial charge in [-0.05, 0) is 63.5 Å². The molecule has 1 saturated heterocycles. The Morgan fingerprint density at radius 2 is 1.79 bits per heavy atom. The maximum Gasteiger partial charge on any atom is 0.337 e. The van der Waals surface area contributed by atoms with E-state index in [0.717, 1.165) is 31.6 Å². The van der Waals surface area contributed by atoms with Gasteiger partial charge in [-0.3, -0.25) is 14.5 Å². The third-order valence-electron chi connectivity index (χ3n) is 7.51. The Morgan fingerprint density at radius 3 is 2.48 bits per heavy atom. The summed E-state index contributed by atoms with van der Waals surface area (Å²) < 4.78 is 4.82. The van der Waals surface area contributed by atoms with E-state index in [1.54, 1.807) is 42.5 Å². The van der Waals surface area contributed by atoms with Crippen LogP contribution in [0.4, 0.5) is 5.69 Å². The fraction of sp³-hybridized carbons (Fsp3) is 0.281. The number of H-pyrrole nitrogens is 1. The Labute approximate surface area is 244 Å². The number of methoxy groups -OCH3 is 1. The number of hydroxylamine groups is 1. The van der Waals surface area contributed by atoms with Crippen LogP contribution in [0.3, 0.4) is 0 Å². The van der Waals surface area contributed by atoms with Crippen LogP contribution in [-0.2, 0) is 9.57 Å². The van der Waals surface area contributed by atoms with Crippen LogP contribution >= 0.6 is 0 Å². The minimum absolute atomic E-state index is 0.0751. The number of aliphatic imine (C=N–C) groups is 1. The maximum absolute atomic E-state index is 12.6. The number of aromatic nitrogens is 1. The molecule has 1 atom stereocenters. The predicted molar refractivity (Wildman–Crippen MR) is 161 cm³/mol. The number of ether oxygens (including phenoxy) is 1. The first kappa shape index (κ1) is 29.0. The molecule has 10 nitrogen and oxygen atoms in total. The molecule has 1 aliphatic heterocycles. The minimum Gasteiger partial charge on any atom is -0.494 e. The van der Waals surface area contributed by atoms with Crippen molar-refractivity contribution in [2.45, 2.75) is 12.5 Å². The Bertz CT molecular complexity index is 1580. The number of rotatable bonds is 10. The van der Waals surface area contributed by atoms with Crippen molar-refractivity contribution in [2.24, 2.45) is 4.99 Å². The van der Waals surface area contributed by atoms with Crippen molar-refractivity contribution < 1.29 is 24.3 Å². The molecule has 0 saturated carbocycles. The summed E-state index contributed by atoms with van der Waals surface area (Å²) in [6, 6.07) is 21.9. The van der Waals surface area contributed by atoms with E-state index < -0.39 is 5.97 Å². The number of aromatic hydroxyl groups is 1. The molecule has 1 fully saturated rings. The van der Waals surface area contributed by atoms with Crippen LogP contribution in [0, 0.1) is 0 Å². The van der Waals surface area contributed by atoms with Crippen molar-refractivity contribution in [3.05, 3.63) is 95.1 Å². The number of likely N-dealkylation sites (tertiary alicyclic amines) is 1. The molecular formula is C32H35N5O5. The van der Waals surface area contributed by atoms with Crippen LogP contribution in [0.1, 0.15) is 38.3 Å². The van der Waals surface area contributed by atoms with Crippen LogP contribution in [-0.4, -0.2) is 91.0 Å². The van der Waals surface area contributed by atoms with Crippen LogP contribution < -0.4 is 5.48 Å². The molecule has 3 aromatic carbocycles. The van der Waals surface area contributed by atoms with Crippen LogP contribution in [0.25, 0.3) is 10.9 Å². The summed E-state index contributed by atoms with van der Waals surface area (Å²) in [5.74, 6) is -0.880. The second-order valence-electron chi connectivity index (χ2n) is 10.5. The highest BCUT2D eigenvalue weighted by molar-refractivity contribution is 6.22. The van der Waals surface area contributed by atoms with Crippen molar-refractivity contribution in [3.8, 4) is 5.88 Å². The number of amides is 1. The first-order valence-electron chi connectivity index (χ1n) is 13.8. The monoisotopic (exact) mass is 569 g/mol. The van der Waals surface area contributed by atoms with Gasteiger partial charge < -0.3 is 19.7 Å². The van der Waals surface area contributed by atoms with Gasteiger partial charge in [-0.1, -0.05) is 36.4 Å². The van der Waals surface area contributed by atoms with Crippen LogP contribution in [0.15, 0.2) is 77.8 Å². The molecular weight excluding hydrogens is 534 g/mol. The number of nitrogens with one attached hydrogen (secondary N) is 2. The van der Waals surface area contributed by atoms with Gasteiger partial charge in [0.25, 0.3) is 5.91 Å². The van der Waals surface area contributed by atoms with E-state index in [2.05, 4.69) is 34.4 Å². The molecule has 2 heterocycles. The zero-order valence-electron chi connectivity index (χ0n) is 24.0. The molecule has 0 unspecified atom stereocenters. The number of hydrogen-bond donors (Lipinski definition) is 3. The first-order valence-corrected chi connectivity index (χ1v) is 13.8. The summed E-state index contributed by atoms with van der Waals surface area (Å²) in [7, 11) is 5.51. The van der Waals surface area contributed by atoms with Crippen molar-refractivity contribution in [3.63, 3.8) is 0 Å². The number of carbonyl (C=O) groups is 2. The Hall–Kier alpha value is -4.51. The summed E-state index contributed by atoms with van der Waals surface area (Å²) >= 11 is 0. The fourth-order valence-electron chi connectivity index (χ4n) is 5.13. The lowest BCUT2D eigenvalue weighted by Crippen LogP contribution is -2.34. The molecule has 0 aliphatic carbocycles. The highest BCUT2D eigenvalue weighted by Gasteiger charge is 2.23. The average molecular weight is 570 g/mol. The van der Waals surface area contributed by atoms with E-state index in [1.165, 1.54) is 7.11 Å². The van der Waals surface area contributed by atoms with Crippen LogP contribution in [0.2, 0.25) is 0 Å². The number of nitrogens with zero attached hydrogens (tertiary/aromatic N) is 3. The second kappa shape index (κ2) is 13.0. The number of hydrogen-bond acceptors (Lipinski definition) is 8. The van der Waals surface area contributed by atoms with Crippen molar-refractivity contribution in [1.82, 2.24) is 20.3 Å². The number of benzene rings is 3. The molecule has 0 radical (unpaired) electrons. The number of fused-ring (bicyclic) bond motifs is 1. The first-order chi connectivity index (χ1) is 20.3. The standard InChI is InChI=1S/C32H35N5O5/c1-36(2)25-15-16-37(20-25)17-18-42-35-30(38)22-9-12-24(13-10-22)33-29(21-7-5-4-6-8-21)28-26-14-11-23(32(40)41-3)19-27(26)34-31(28)39/h4-14,19,25,34,39H,15-18,20H2,1-3H3,(H,35,38)/t25-/m0/s1. The highest BCUT2D eigenvalue weighted by Crippen LogP contribution is 2.32. The van der Waals surface area contributed by atoms with E-state index in [1.807, 2.05) is 30.3 Å². The average Bonchev–Trinajstić information content (AvgIpc) is 3.62. The molecule has 4 aromatic rings. The van der Waals surface area contributed by atoms with Gasteiger partial charge in [0, 0.05) is 41.2 Å². The summed E-state index contributed by atoms with van der Waals surface area (Å²) in [4.78, 5) is 42.5. The molecule has 0 bridgehead atoms. The molecule has 0 spiro atoms. The smallest absolute Gasteiger partial charge is 0.337 e. The molecule has 5 rings (SSSR count). The minimum atomic E-state index is -0.469. The summed E-state index contributed by atoms with van der Waals surface area (Å²) in [5.41, 5.74) is 6.31. The number of likely N-dealkylation sites (N-methyl/N-ethyl adjacent to an activating group) is 1. The van der Waals surface area contributed by atoms with Gasteiger partial charge in [0.2, 0.25) is 0 Å². The van der Waals surface area contributed by atoms with E-state index in [-0.39, 0.29) is 11.8 Å². The third-order valence-corrected chi connectivity index (χ3v) is 7.51. The van der Waals surface area contributed by atoms with Gasteiger partial charge in [0.15, 0.2) is 5.88 Å². The summed E-state index contributed by atoms with van der Waals surface area (Å²) in [6.45, 7) is 3.19. The van der Waals surface area contributed by atoms with E-state index in [9.17, 15) is 14.7 Å². The van der Waals surface area contributed by atoms with Crippen molar-refractivity contribution in [2.75, 3.05) is 47.4 Å². The highest BCUT2D eigenvalue weighted by atomic mass is 16.7. The van der Waals surface area contributed by atoms with Gasteiger partial charge >= 0.3 is 5.97 Å². The zero-order valence-corrected chi connectivity index (χ0v) is 24.0. The summed E-state index contributed by atoms with van der Waals surface area (Å²) in [6.07, 6.45) is 1.14. The van der Waals surface area contributed by atoms with E-state index in [0.29, 0.717) is 51.6 Å². The SMILES string of the molecule is COC(=O)c1ccc2c(C(=Nc3ccc(C(=O)NOCCN4CC[C@H](N(C)C)C4)cc3)c3ccccc3)c(O)[nH]c2c1. The molecule has 1 aromatic heterocycles. The Balaban J connectivity index is 1.31. The predicted octanol–water partition coefficient (Wildman–Crippen LogP) is 4.13. The molecule has 1 amide bonds. The molecule has 42 heavy (non-hydrogen) atoms. The van der Waals surface area contributed by atoms with Crippen LogP contribution in [0.5, 0.6) is 5.88 Å². The normalized spacial score (nSPS) is 15.8. The maximum atomic E-state index is 12.6. The number of carbonyl (C=O) groups excluding carboxylic acids is 2. The van der Waals surface area contributed by atoms with E-state index in [4.69, 9.17) is 14.6 Å². The number of aromatic amines is 1. The zero-order chi connectivity index (χ0) is 29.6. The lowest BCUT2D eigenvalue weighted by atomic mass is 10.00. The Morgan fingerprint density at radius 1 is 1.05 bits per heavy atom. The lowest BCUT2D eigenvalue weighted by molar-refractivity contribution is 0.0239. The molecule has 1 aliphatic rings. The quantitative estimate of drug-likeness (QED) is 0.114. The molecule has 10 heteroatoms. The largest absolute Gasteiger partial charge is 0.494 e. The van der Waals surface area contributed by atoms with E-state index >= 15 is 0 Å². The topological polar surface area (TPSA) is 119 Å². The molecule has 3 N–H and O–H groups in total. The van der Waals surface area contributed by atoms with Gasteiger partial charge in [0.1, 0.15) is 0 Å². The Kier molecular flexibility index (Phi) is 8.97. The van der Waals surface area contributed by atoms with Gasteiger partial charge in [-0.25, -0.2) is 15.3 Å².